The zero-order valence-corrected chi connectivity index (χ0v) is 17.8. The standard InChI is InChI=1S/C23H28N4O3/c1-15(2)12-27-14-24-22-20(23(27)29)19(16(3)30-22)21(28)25-18-8-6-17(7-9-18)13-26-10-4-5-11-26/h6-9,14-15H,4-5,10-13H2,1-3H3,(H,25,28). The molecular formula is C23H28N4O3. The topological polar surface area (TPSA) is 80.4 Å². The van der Waals surface area contributed by atoms with Gasteiger partial charge in [0.25, 0.3) is 11.5 Å². The van der Waals surface area contributed by atoms with Gasteiger partial charge in [0, 0.05) is 18.8 Å². The average Bonchev–Trinajstić information content (AvgIpc) is 3.32. The van der Waals surface area contributed by atoms with Crippen LogP contribution < -0.4 is 10.9 Å². The number of likely N-dealkylation sites (tertiary alicyclic amines) is 1. The monoisotopic (exact) mass is 408 g/mol. The third kappa shape index (κ3) is 4.16. The lowest BCUT2D eigenvalue weighted by Crippen LogP contribution is -2.24. The Labute approximate surface area is 175 Å². The Morgan fingerprint density at radius 1 is 1.20 bits per heavy atom. The number of hydrogen-bond donors (Lipinski definition) is 1. The highest BCUT2D eigenvalue weighted by Gasteiger charge is 2.23. The summed E-state index contributed by atoms with van der Waals surface area (Å²) in [6, 6.07) is 7.86. The lowest BCUT2D eigenvalue weighted by molar-refractivity contribution is 0.102. The van der Waals surface area contributed by atoms with Gasteiger partial charge < -0.3 is 9.73 Å². The summed E-state index contributed by atoms with van der Waals surface area (Å²) in [4.78, 5) is 32.6. The number of hydrogen-bond acceptors (Lipinski definition) is 5. The van der Waals surface area contributed by atoms with E-state index in [9.17, 15) is 9.59 Å². The summed E-state index contributed by atoms with van der Waals surface area (Å²) in [7, 11) is 0. The van der Waals surface area contributed by atoms with Crippen LogP contribution in [0.15, 0.2) is 39.8 Å². The normalized spacial score (nSPS) is 14.7. The smallest absolute Gasteiger partial charge is 0.265 e. The Kier molecular flexibility index (Phi) is 5.72. The minimum absolute atomic E-state index is 0.198. The molecule has 1 aliphatic rings. The van der Waals surface area contributed by atoms with Crippen molar-refractivity contribution in [3.8, 4) is 0 Å². The van der Waals surface area contributed by atoms with Crippen molar-refractivity contribution in [1.29, 1.82) is 0 Å². The van der Waals surface area contributed by atoms with Crippen LogP contribution in [0.3, 0.4) is 0 Å². The van der Waals surface area contributed by atoms with E-state index in [1.54, 1.807) is 6.92 Å². The Bertz CT molecular complexity index is 1110. The Hall–Kier alpha value is -2.93. The first-order valence-corrected chi connectivity index (χ1v) is 10.5. The minimum Gasteiger partial charge on any atom is -0.442 e. The number of carbonyl (C=O) groups excluding carboxylic acids is 1. The second-order valence-electron chi connectivity index (χ2n) is 8.44. The summed E-state index contributed by atoms with van der Waals surface area (Å²) in [6.07, 6.45) is 4.01. The van der Waals surface area contributed by atoms with Gasteiger partial charge in [-0.15, -0.1) is 0 Å². The molecule has 0 saturated carbocycles. The van der Waals surface area contributed by atoms with Crippen molar-refractivity contribution in [3.63, 3.8) is 0 Å². The molecule has 1 fully saturated rings. The molecule has 4 rings (SSSR count). The molecule has 0 spiro atoms. The van der Waals surface area contributed by atoms with Crippen molar-refractivity contribution in [2.75, 3.05) is 18.4 Å². The van der Waals surface area contributed by atoms with Crippen molar-refractivity contribution in [1.82, 2.24) is 14.5 Å². The van der Waals surface area contributed by atoms with Crippen LogP contribution in [-0.2, 0) is 13.1 Å². The molecule has 0 unspecified atom stereocenters. The quantitative estimate of drug-likeness (QED) is 0.671. The molecule has 7 heteroatoms. The SMILES string of the molecule is Cc1oc2ncn(CC(C)C)c(=O)c2c1C(=O)Nc1ccc(CN2CCCC2)cc1. The van der Waals surface area contributed by atoms with Crippen LogP contribution in [0.25, 0.3) is 11.1 Å². The van der Waals surface area contributed by atoms with E-state index in [1.165, 1.54) is 29.3 Å². The molecule has 30 heavy (non-hydrogen) atoms. The lowest BCUT2D eigenvalue weighted by Gasteiger charge is -2.14. The number of furan rings is 1. The Morgan fingerprint density at radius 3 is 2.57 bits per heavy atom. The van der Waals surface area contributed by atoms with Crippen LogP contribution in [-0.4, -0.2) is 33.4 Å². The molecule has 3 heterocycles. The minimum atomic E-state index is -0.361. The van der Waals surface area contributed by atoms with Gasteiger partial charge in [0.05, 0.1) is 5.56 Å². The number of benzene rings is 1. The highest BCUT2D eigenvalue weighted by Crippen LogP contribution is 2.23. The van der Waals surface area contributed by atoms with E-state index in [0.717, 1.165) is 19.6 Å². The van der Waals surface area contributed by atoms with Crippen molar-refractivity contribution in [2.24, 2.45) is 5.92 Å². The number of amides is 1. The van der Waals surface area contributed by atoms with Crippen LogP contribution in [0.4, 0.5) is 5.69 Å². The maximum Gasteiger partial charge on any atom is 0.265 e. The molecule has 3 aromatic rings. The first kappa shape index (κ1) is 20.3. The molecule has 0 bridgehead atoms. The molecule has 158 valence electrons. The number of rotatable bonds is 6. The van der Waals surface area contributed by atoms with Crippen molar-refractivity contribution >= 4 is 22.7 Å². The summed E-state index contributed by atoms with van der Waals surface area (Å²) >= 11 is 0. The van der Waals surface area contributed by atoms with E-state index in [-0.39, 0.29) is 34.0 Å². The predicted octanol–water partition coefficient (Wildman–Crippen LogP) is 3.80. The second kappa shape index (κ2) is 8.44. The average molecular weight is 409 g/mol. The highest BCUT2D eigenvalue weighted by atomic mass is 16.3. The number of nitrogens with zero attached hydrogens (tertiary/aromatic N) is 3. The zero-order chi connectivity index (χ0) is 21.3. The highest BCUT2D eigenvalue weighted by molar-refractivity contribution is 6.12. The molecule has 0 atom stereocenters. The molecule has 1 aliphatic heterocycles. The molecule has 0 aliphatic carbocycles. The Balaban J connectivity index is 1.57. The third-order valence-electron chi connectivity index (χ3n) is 5.46. The third-order valence-corrected chi connectivity index (χ3v) is 5.46. The number of carbonyl (C=O) groups is 1. The summed E-state index contributed by atoms with van der Waals surface area (Å²) in [5.74, 6) is 0.311. The second-order valence-corrected chi connectivity index (χ2v) is 8.44. The molecule has 1 aromatic carbocycles. The largest absolute Gasteiger partial charge is 0.442 e. The van der Waals surface area contributed by atoms with Crippen LogP contribution >= 0.6 is 0 Å². The fourth-order valence-corrected chi connectivity index (χ4v) is 4.02. The maximum atomic E-state index is 13.0. The maximum absolute atomic E-state index is 13.0. The van der Waals surface area contributed by atoms with Crippen LogP contribution in [0.1, 0.15) is 48.4 Å². The summed E-state index contributed by atoms with van der Waals surface area (Å²) in [6.45, 7) is 9.49. The van der Waals surface area contributed by atoms with Gasteiger partial charge in [-0.1, -0.05) is 26.0 Å². The van der Waals surface area contributed by atoms with Gasteiger partial charge >= 0.3 is 0 Å². The van der Waals surface area contributed by atoms with Crippen molar-refractivity contribution in [2.45, 2.75) is 46.7 Å². The van der Waals surface area contributed by atoms with Crippen LogP contribution in [0, 0.1) is 12.8 Å². The van der Waals surface area contributed by atoms with Crippen LogP contribution in [0.5, 0.6) is 0 Å². The van der Waals surface area contributed by atoms with E-state index >= 15 is 0 Å². The van der Waals surface area contributed by atoms with Crippen LogP contribution in [0.2, 0.25) is 0 Å². The van der Waals surface area contributed by atoms with E-state index in [0.29, 0.717) is 18.0 Å². The molecule has 1 N–H and O–H groups in total. The number of fused-ring (bicyclic) bond motifs is 1. The molecule has 2 aromatic heterocycles. The molecule has 7 nitrogen and oxygen atoms in total. The molecule has 1 amide bonds. The van der Waals surface area contributed by atoms with E-state index in [1.807, 2.05) is 38.1 Å². The van der Waals surface area contributed by atoms with Gasteiger partial charge in [0.15, 0.2) is 0 Å². The van der Waals surface area contributed by atoms with Gasteiger partial charge in [0.1, 0.15) is 17.5 Å². The number of aryl methyl sites for hydroxylation is 1. The fourth-order valence-electron chi connectivity index (χ4n) is 4.02. The molecular weight excluding hydrogens is 380 g/mol. The predicted molar refractivity (Wildman–Crippen MR) is 117 cm³/mol. The summed E-state index contributed by atoms with van der Waals surface area (Å²) in [5, 5.41) is 3.13. The number of anilines is 1. The van der Waals surface area contributed by atoms with E-state index in [2.05, 4.69) is 15.2 Å². The Morgan fingerprint density at radius 2 is 1.90 bits per heavy atom. The number of nitrogens with one attached hydrogen (secondary N) is 1. The van der Waals surface area contributed by atoms with Gasteiger partial charge in [-0.2, -0.15) is 0 Å². The molecule has 0 radical (unpaired) electrons. The van der Waals surface area contributed by atoms with Crippen molar-refractivity contribution < 1.29 is 9.21 Å². The van der Waals surface area contributed by atoms with Gasteiger partial charge in [0.2, 0.25) is 5.71 Å². The first-order chi connectivity index (χ1) is 14.4. The number of aromatic nitrogens is 2. The van der Waals surface area contributed by atoms with Gasteiger partial charge in [-0.3, -0.25) is 19.1 Å². The molecule has 1 saturated heterocycles. The van der Waals surface area contributed by atoms with Gasteiger partial charge in [-0.25, -0.2) is 4.98 Å². The summed E-state index contributed by atoms with van der Waals surface area (Å²) < 4.78 is 7.13. The first-order valence-electron chi connectivity index (χ1n) is 10.5. The fraction of sp³-hybridized carbons (Fsp3) is 0.435. The van der Waals surface area contributed by atoms with E-state index < -0.39 is 0 Å². The lowest BCUT2D eigenvalue weighted by atomic mass is 10.1. The zero-order valence-electron chi connectivity index (χ0n) is 17.8. The van der Waals surface area contributed by atoms with Gasteiger partial charge in [-0.05, 0) is 56.5 Å². The van der Waals surface area contributed by atoms with Crippen molar-refractivity contribution in [3.05, 3.63) is 57.8 Å². The van der Waals surface area contributed by atoms with E-state index in [4.69, 9.17) is 4.42 Å². The summed E-state index contributed by atoms with van der Waals surface area (Å²) in [5.41, 5.74) is 2.10.